The van der Waals surface area contributed by atoms with Crippen LogP contribution in [0.15, 0.2) is 103 Å². The van der Waals surface area contributed by atoms with E-state index >= 15 is 0 Å². The molecule has 3 nitrogen and oxygen atoms in total. The number of carbonyl (C=O) groups excluding carboxylic acids is 1. The highest BCUT2D eigenvalue weighted by molar-refractivity contribution is 5.90. The molecule has 0 saturated carbocycles. The Hall–Kier alpha value is -3.17. The van der Waals surface area contributed by atoms with Gasteiger partial charge in [0.25, 0.3) is 0 Å². The molecule has 1 heterocycles. The molecule has 0 radical (unpaired) electrons. The van der Waals surface area contributed by atoms with Crippen LogP contribution >= 0.6 is 0 Å². The lowest BCUT2D eigenvalue weighted by Crippen LogP contribution is -2.44. The van der Waals surface area contributed by atoms with E-state index in [9.17, 15) is 4.79 Å². The molecule has 0 N–H and O–H groups in total. The fourth-order valence-corrected chi connectivity index (χ4v) is 4.08. The molecule has 2 atom stereocenters. The van der Waals surface area contributed by atoms with Gasteiger partial charge in [0.05, 0.1) is 6.04 Å². The number of carbonyl (C=O) groups is 1. The van der Waals surface area contributed by atoms with Gasteiger partial charge in [-0.15, -0.1) is 0 Å². The summed E-state index contributed by atoms with van der Waals surface area (Å²) in [4.78, 5) is 14.6. The standard InChI is InChI=1S/C27H27NO2/c1-21-17-26(30-27(21)29)25(18-22-11-5-2-6-12-22)28(19-23-13-7-3-8-14-23)20-24-15-9-4-10-16-24/h2-16,25-26H,1,17-20H2/t25-,26+/m0/s1. The summed E-state index contributed by atoms with van der Waals surface area (Å²) in [6, 6.07) is 31.4. The van der Waals surface area contributed by atoms with Crippen LogP contribution in [0.3, 0.4) is 0 Å². The molecule has 4 rings (SSSR count). The maximum atomic E-state index is 12.1. The molecule has 30 heavy (non-hydrogen) atoms. The second-order valence-electron chi connectivity index (χ2n) is 7.88. The number of rotatable bonds is 8. The van der Waals surface area contributed by atoms with Crippen LogP contribution in [-0.4, -0.2) is 23.0 Å². The number of esters is 1. The predicted octanol–water partition coefficient (Wildman–Crippen LogP) is 5.17. The average molecular weight is 398 g/mol. The Bertz CT molecular complexity index is 912. The fourth-order valence-electron chi connectivity index (χ4n) is 4.08. The minimum absolute atomic E-state index is 0.0519. The molecule has 0 aliphatic carbocycles. The van der Waals surface area contributed by atoms with Gasteiger partial charge in [-0.2, -0.15) is 0 Å². The van der Waals surface area contributed by atoms with Crippen LogP contribution in [0.25, 0.3) is 0 Å². The minimum atomic E-state index is -0.266. The van der Waals surface area contributed by atoms with Crippen molar-refractivity contribution >= 4 is 5.97 Å². The van der Waals surface area contributed by atoms with E-state index in [1.54, 1.807) is 0 Å². The van der Waals surface area contributed by atoms with Crippen molar-refractivity contribution in [1.29, 1.82) is 0 Å². The van der Waals surface area contributed by atoms with Crippen LogP contribution < -0.4 is 0 Å². The molecule has 0 bridgehead atoms. The van der Waals surface area contributed by atoms with Gasteiger partial charge < -0.3 is 4.74 Å². The lowest BCUT2D eigenvalue weighted by molar-refractivity contribution is -0.141. The monoisotopic (exact) mass is 397 g/mol. The van der Waals surface area contributed by atoms with Gasteiger partial charge in [0, 0.05) is 25.1 Å². The quantitative estimate of drug-likeness (QED) is 0.388. The second kappa shape index (κ2) is 9.55. The molecule has 1 saturated heterocycles. The van der Waals surface area contributed by atoms with E-state index in [1.807, 2.05) is 18.2 Å². The SMILES string of the molecule is C=C1C[C@H]([C@H](Cc2ccccc2)N(Cc2ccccc2)Cc2ccccc2)OC1=O. The Labute approximate surface area is 178 Å². The molecule has 1 aliphatic heterocycles. The largest absolute Gasteiger partial charge is 0.457 e. The lowest BCUT2D eigenvalue weighted by atomic mass is 9.95. The highest BCUT2D eigenvalue weighted by atomic mass is 16.6. The van der Waals surface area contributed by atoms with Crippen LogP contribution in [-0.2, 0) is 29.0 Å². The highest BCUT2D eigenvalue weighted by Crippen LogP contribution is 2.28. The zero-order valence-corrected chi connectivity index (χ0v) is 17.1. The first-order chi connectivity index (χ1) is 14.7. The third-order valence-electron chi connectivity index (χ3n) is 5.64. The molecule has 3 aromatic carbocycles. The summed E-state index contributed by atoms with van der Waals surface area (Å²) in [7, 11) is 0. The molecule has 3 heteroatoms. The second-order valence-corrected chi connectivity index (χ2v) is 7.88. The zero-order valence-electron chi connectivity index (χ0n) is 17.1. The Morgan fingerprint density at radius 3 is 1.70 bits per heavy atom. The summed E-state index contributed by atoms with van der Waals surface area (Å²) in [5.74, 6) is -0.266. The zero-order chi connectivity index (χ0) is 20.8. The summed E-state index contributed by atoms with van der Waals surface area (Å²) in [5.41, 5.74) is 4.30. The van der Waals surface area contributed by atoms with E-state index in [4.69, 9.17) is 4.74 Å². The highest BCUT2D eigenvalue weighted by Gasteiger charge is 2.37. The Kier molecular flexibility index (Phi) is 6.41. The van der Waals surface area contributed by atoms with Crippen LogP contribution in [0, 0.1) is 0 Å². The first-order valence-corrected chi connectivity index (χ1v) is 10.4. The predicted molar refractivity (Wildman–Crippen MR) is 120 cm³/mol. The molecule has 1 fully saturated rings. The number of cyclic esters (lactones) is 1. The van der Waals surface area contributed by atoms with Crippen molar-refractivity contribution in [2.75, 3.05) is 0 Å². The summed E-state index contributed by atoms with van der Waals surface area (Å²) in [6.07, 6.45) is 1.19. The Morgan fingerprint density at radius 2 is 1.27 bits per heavy atom. The van der Waals surface area contributed by atoms with Gasteiger partial charge in [-0.05, 0) is 23.1 Å². The Morgan fingerprint density at radius 1 is 0.800 bits per heavy atom. The van der Waals surface area contributed by atoms with Crippen LogP contribution in [0.1, 0.15) is 23.1 Å². The molecule has 0 aromatic heterocycles. The number of ether oxygens (including phenoxy) is 1. The van der Waals surface area contributed by atoms with Crippen molar-refractivity contribution in [3.8, 4) is 0 Å². The third kappa shape index (κ3) is 5.05. The van der Waals surface area contributed by atoms with E-state index in [2.05, 4.69) is 84.3 Å². The molecule has 1 aliphatic rings. The van der Waals surface area contributed by atoms with Gasteiger partial charge in [-0.1, -0.05) is 97.6 Å². The molecule has 3 aromatic rings. The van der Waals surface area contributed by atoms with E-state index in [-0.39, 0.29) is 18.1 Å². The van der Waals surface area contributed by atoms with Gasteiger partial charge in [-0.25, -0.2) is 4.79 Å². The maximum Gasteiger partial charge on any atom is 0.333 e. The topological polar surface area (TPSA) is 29.5 Å². The number of benzene rings is 3. The lowest BCUT2D eigenvalue weighted by Gasteiger charge is -2.35. The first kappa shape index (κ1) is 20.1. The molecular formula is C27H27NO2. The van der Waals surface area contributed by atoms with Gasteiger partial charge in [0.1, 0.15) is 6.10 Å². The van der Waals surface area contributed by atoms with Gasteiger partial charge >= 0.3 is 5.97 Å². The van der Waals surface area contributed by atoms with Crippen LogP contribution in [0.5, 0.6) is 0 Å². The molecule has 0 unspecified atom stereocenters. The van der Waals surface area contributed by atoms with Crippen molar-refractivity contribution in [3.63, 3.8) is 0 Å². The third-order valence-corrected chi connectivity index (χ3v) is 5.64. The summed E-state index contributed by atoms with van der Waals surface area (Å²) in [5, 5.41) is 0. The summed E-state index contributed by atoms with van der Waals surface area (Å²) >= 11 is 0. The van der Waals surface area contributed by atoms with Crippen molar-refractivity contribution in [1.82, 2.24) is 4.90 Å². The Balaban J connectivity index is 1.66. The fraction of sp³-hybridized carbons (Fsp3) is 0.222. The van der Waals surface area contributed by atoms with Crippen molar-refractivity contribution < 1.29 is 9.53 Å². The van der Waals surface area contributed by atoms with Crippen LogP contribution in [0.2, 0.25) is 0 Å². The van der Waals surface area contributed by atoms with E-state index in [0.29, 0.717) is 12.0 Å². The minimum Gasteiger partial charge on any atom is -0.457 e. The smallest absolute Gasteiger partial charge is 0.333 e. The number of nitrogens with zero attached hydrogens (tertiary/aromatic N) is 1. The van der Waals surface area contributed by atoms with Gasteiger partial charge in [0.15, 0.2) is 0 Å². The van der Waals surface area contributed by atoms with Crippen molar-refractivity contribution in [3.05, 3.63) is 120 Å². The van der Waals surface area contributed by atoms with Crippen molar-refractivity contribution in [2.24, 2.45) is 0 Å². The van der Waals surface area contributed by atoms with E-state index in [1.165, 1.54) is 16.7 Å². The van der Waals surface area contributed by atoms with E-state index < -0.39 is 0 Å². The molecule has 0 spiro atoms. The van der Waals surface area contributed by atoms with E-state index in [0.717, 1.165) is 19.5 Å². The average Bonchev–Trinajstić information content (AvgIpc) is 3.12. The van der Waals surface area contributed by atoms with Gasteiger partial charge in [-0.3, -0.25) is 4.90 Å². The number of hydrogen-bond donors (Lipinski definition) is 0. The number of hydrogen-bond acceptors (Lipinski definition) is 3. The molecule has 152 valence electrons. The first-order valence-electron chi connectivity index (χ1n) is 10.4. The summed E-state index contributed by atoms with van der Waals surface area (Å²) < 4.78 is 5.78. The molecular weight excluding hydrogens is 370 g/mol. The summed E-state index contributed by atoms with van der Waals surface area (Å²) in [6.45, 7) is 5.48. The van der Waals surface area contributed by atoms with Gasteiger partial charge in [0.2, 0.25) is 0 Å². The molecule has 0 amide bonds. The van der Waals surface area contributed by atoms with Crippen LogP contribution in [0.4, 0.5) is 0 Å². The normalized spacial score (nSPS) is 17.2. The van der Waals surface area contributed by atoms with Crippen molar-refractivity contribution in [2.45, 2.75) is 38.1 Å². The maximum absolute atomic E-state index is 12.1.